The number of amides is 1. The summed E-state index contributed by atoms with van der Waals surface area (Å²) in [5.41, 5.74) is 0.120. The van der Waals surface area contributed by atoms with E-state index < -0.39 is 18.1 Å². The fourth-order valence-electron chi connectivity index (χ4n) is 1.73. The van der Waals surface area contributed by atoms with Crippen molar-refractivity contribution in [3.05, 3.63) is 12.3 Å². The Balaban J connectivity index is 2.82. The first-order valence-corrected chi connectivity index (χ1v) is 4.97. The molecule has 1 amide bonds. The zero-order valence-corrected chi connectivity index (χ0v) is 9.01. The normalized spacial score (nSPS) is 18.2. The maximum Gasteiger partial charge on any atom is 0.471 e. The molecule has 3 nitrogen and oxygen atoms in total. The molecule has 1 heterocycles. The van der Waals surface area contributed by atoms with E-state index in [9.17, 15) is 18.0 Å². The zero-order valence-electron chi connectivity index (χ0n) is 9.01. The molecule has 0 aliphatic carbocycles. The summed E-state index contributed by atoms with van der Waals surface area (Å²) in [6, 6.07) is -0.458. The van der Waals surface area contributed by atoms with E-state index in [2.05, 4.69) is 6.58 Å². The highest BCUT2D eigenvalue weighted by Gasteiger charge is 2.45. The minimum Gasteiger partial charge on any atom is -0.381 e. The Morgan fingerprint density at radius 2 is 1.88 bits per heavy atom. The smallest absolute Gasteiger partial charge is 0.381 e. The van der Waals surface area contributed by atoms with Gasteiger partial charge in [0.05, 0.1) is 0 Å². The van der Waals surface area contributed by atoms with Crippen LogP contribution >= 0.6 is 0 Å². The van der Waals surface area contributed by atoms with Gasteiger partial charge >= 0.3 is 12.1 Å². The van der Waals surface area contributed by atoms with Crippen molar-refractivity contribution in [2.45, 2.75) is 32.0 Å². The van der Waals surface area contributed by atoms with E-state index in [0.29, 0.717) is 26.1 Å². The van der Waals surface area contributed by atoms with Crippen LogP contribution in [0.2, 0.25) is 0 Å². The van der Waals surface area contributed by atoms with Gasteiger partial charge in [-0.25, -0.2) is 0 Å². The van der Waals surface area contributed by atoms with Gasteiger partial charge in [0.15, 0.2) is 0 Å². The molecule has 0 aromatic rings. The number of carbonyl (C=O) groups excluding carboxylic acids is 1. The van der Waals surface area contributed by atoms with Crippen LogP contribution in [0, 0.1) is 0 Å². The number of rotatable bonds is 2. The molecule has 6 heteroatoms. The van der Waals surface area contributed by atoms with Gasteiger partial charge in [-0.2, -0.15) is 13.2 Å². The van der Waals surface area contributed by atoms with Gasteiger partial charge in [-0.15, -0.1) is 0 Å². The molecule has 0 radical (unpaired) electrons. The predicted octanol–water partition coefficient (Wildman–Crippen LogP) is 2.09. The van der Waals surface area contributed by atoms with Crippen LogP contribution in [-0.2, 0) is 9.53 Å². The van der Waals surface area contributed by atoms with Gasteiger partial charge in [-0.05, 0) is 19.8 Å². The summed E-state index contributed by atoms with van der Waals surface area (Å²) in [5.74, 6) is -1.84. The Morgan fingerprint density at radius 3 is 2.25 bits per heavy atom. The van der Waals surface area contributed by atoms with Crippen molar-refractivity contribution in [1.82, 2.24) is 4.90 Å². The first-order valence-electron chi connectivity index (χ1n) is 4.97. The summed E-state index contributed by atoms with van der Waals surface area (Å²) in [5, 5.41) is 0. The van der Waals surface area contributed by atoms with Gasteiger partial charge in [-0.3, -0.25) is 4.79 Å². The second-order valence-corrected chi connectivity index (χ2v) is 3.75. The summed E-state index contributed by atoms with van der Waals surface area (Å²) >= 11 is 0. The van der Waals surface area contributed by atoms with Crippen LogP contribution in [0.25, 0.3) is 0 Å². The number of hydrogen-bond donors (Lipinski definition) is 0. The average molecular weight is 237 g/mol. The van der Waals surface area contributed by atoms with E-state index in [1.807, 2.05) is 0 Å². The summed E-state index contributed by atoms with van der Waals surface area (Å²) in [4.78, 5) is 11.9. The van der Waals surface area contributed by atoms with Crippen molar-refractivity contribution in [3.63, 3.8) is 0 Å². The molecule has 0 aromatic carbocycles. The quantitative estimate of drug-likeness (QED) is 0.736. The largest absolute Gasteiger partial charge is 0.471 e. The topological polar surface area (TPSA) is 29.5 Å². The Kier molecular flexibility index (Phi) is 3.96. The highest BCUT2D eigenvalue weighted by molar-refractivity contribution is 5.83. The molecule has 1 fully saturated rings. The molecular formula is C10H14F3NO2. The first kappa shape index (κ1) is 13.0. The van der Waals surface area contributed by atoms with Crippen molar-refractivity contribution in [2.75, 3.05) is 13.2 Å². The van der Waals surface area contributed by atoms with Gasteiger partial charge in [0.25, 0.3) is 0 Å². The lowest BCUT2D eigenvalue weighted by atomic mass is 10.1. The third-order valence-corrected chi connectivity index (χ3v) is 2.43. The fraction of sp³-hybridized carbons (Fsp3) is 0.700. The Bertz CT molecular complexity index is 282. The molecular weight excluding hydrogens is 223 g/mol. The zero-order chi connectivity index (χ0) is 12.3. The van der Waals surface area contributed by atoms with Crippen molar-refractivity contribution in [1.29, 1.82) is 0 Å². The Labute approximate surface area is 91.9 Å². The lowest BCUT2D eigenvalue weighted by molar-refractivity contribution is -0.186. The van der Waals surface area contributed by atoms with Crippen LogP contribution in [0.4, 0.5) is 13.2 Å². The molecule has 0 atom stereocenters. The van der Waals surface area contributed by atoms with E-state index in [4.69, 9.17) is 4.74 Å². The van der Waals surface area contributed by atoms with Crippen LogP contribution in [0.3, 0.4) is 0 Å². The molecule has 16 heavy (non-hydrogen) atoms. The minimum absolute atomic E-state index is 0.120. The van der Waals surface area contributed by atoms with Crippen molar-refractivity contribution in [2.24, 2.45) is 0 Å². The Hall–Kier alpha value is -1.04. The van der Waals surface area contributed by atoms with E-state index in [0.717, 1.165) is 4.90 Å². The summed E-state index contributed by atoms with van der Waals surface area (Å²) < 4.78 is 42.1. The van der Waals surface area contributed by atoms with Gasteiger partial charge in [0, 0.05) is 25.0 Å². The molecule has 0 unspecified atom stereocenters. The molecule has 1 aliphatic rings. The highest BCUT2D eigenvalue weighted by Crippen LogP contribution is 2.26. The number of alkyl halides is 3. The number of carbonyl (C=O) groups is 1. The number of nitrogens with zero attached hydrogens (tertiary/aromatic N) is 1. The van der Waals surface area contributed by atoms with E-state index in [1.54, 1.807) is 0 Å². The third kappa shape index (κ3) is 2.98. The van der Waals surface area contributed by atoms with Crippen LogP contribution in [0.15, 0.2) is 12.3 Å². The van der Waals surface area contributed by atoms with Crippen LogP contribution in [0.5, 0.6) is 0 Å². The molecule has 1 aliphatic heterocycles. The van der Waals surface area contributed by atoms with E-state index in [1.165, 1.54) is 6.92 Å². The van der Waals surface area contributed by atoms with E-state index >= 15 is 0 Å². The minimum atomic E-state index is -4.85. The van der Waals surface area contributed by atoms with Crippen LogP contribution in [0.1, 0.15) is 19.8 Å². The molecule has 1 rings (SSSR count). The number of hydrogen-bond acceptors (Lipinski definition) is 2. The fourth-order valence-corrected chi connectivity index (χ4v) is 1.73. The lowest BCUT2D eigenvalue weighted by Crippen LogP contribution is -2.47. The molecule has 0 N–H and O–H groups in total. The monoisotopic (exact) mass is 237 g/mol. The molecule has 0 saturated carbocycles. The van der Waals surface area contributed by atoms with Crippen LogP contribution < -0.4 is 0 Å². The van der Waals surface area contributed by atoms with Gasteiger partial charge in [-0.1, -0.05) is 6.58 Å². The van der Waals surface area contributed by atoms with Gasteiger partial charge in [0.1, 0.15) is 0 Å². The molecule has 1 saturated heterocycles. The average Bonchev–Trinajstić information content (AvgIpc) is 2.17. The number of allylic oxidation sites excluding steroid dienone is 1. The molecule has 92 valence electrons. The van der Waals surface area contributed by atoms with Gasteiger partial charge in [0.2, 0.25) is 0 Å². The molecule has 0 bridgehead atoms. The Morgan fingerprint density at radius 1 is 1.38 bits per heavy atom. The SMILES string of the molecule is C=C(C)N(C(=O)C(F)(F)F)C1CCOCC1. The number of halogens is 3. The standard InChI is InChI=1S/C10H14F3NO2/c1-7(2)14(9(15)10(11,12)13)8-3-5-16-6-4-8/h8H,1,3-6H2,2H3. The third-order valence-electron chi connectivity index (χ3n) is 2.43. The summed E-state index contributed by atoms with van der Waals surface area (Å²) in [6.07, 6.45) is -4.03. The summed E-state index contributed by atoms with van der Waals surface area (Å²) in [6.45, 7) is 5.58. The van der Waals surface area contributed by atoms with Crippen molar-refractivity contribution in [3.8, 4) is 0 Å². The second-order valence-electron chi connectivity index (χ2n) is 3.75. The maximum atomic E-state index is 12.4. The van der Waals surface area contributed by atoms with Crippen molar-refractivity contribution >= 4 is 5.91 Å². The second kappa shape index (κ2) is 4.86. The highest BCUT2D eigenvalue weighted by atomic mass is 19.4. The van der Waals surface area contributed by atoms with Gasteiger partial charge < -0.3 is 9.64 Å². The molecule has 0 spiro atoms. The lowest BCUT2D eigenvalue weighted by Gasteiger charge is -2.34. The summed E-state index contributed by atoms with van der Waals surface area (Å²) in [7, 11) is 0. The number of ether oxygens (including phenoxy) is 1. The predicted molar refractivity (Wildman–Crippen MR) is 51.6 cm³/mol. The van der Waals surface area contributed by atoms with E-state index in [-0.39, 0.29) is 5.70 Å². The van der Waals surface area contributed by atoms with Crippen LogP contribution in [-0.4, -0.2) is 36.2 Å². The first-order chi connectivity index (χ1) is 7.34. The molecule has 0 aromatic heterocycles. The van der Waals surface area contributed by atoms with Crippen molar-refractivity contribution < 1.29 is 22.7 Å². The maximum absolute atomic E-state index is 12.4.